The van der Waals surface area contributed by atoms with E-state index in [0.29, 0.717) is 0 Å². The van der Waals surface area contributed by atoms with Crippen LogP contribution < -0.4 is 0 Å². The first-order chi connectivity index (χ1) is 6.00. The molecule has 70 valence electrons. The molecule has 0 aliphatic heterocycles. The summed E-state index contributed by atoms with van der Waals surface area (Å²) in [5.41, 5.74) is 0. The standard InChI is InChI=1S/5CO.CH3Te.Mn/c6*1-2;/h;;;;;1H3;. The van der Waals surface area contributed by atoms with Crippen molar-refractivity contribution in [3.8, 4) is 0 Å². The Hall–Kier alpha value is 0.00909. The van der Waals surface area contributed by atoms with Crippen LogP contribution in [0.5, 0.6) is 0 Å². The summed E-state index contributed by atoms with van der Waals surface area (Å²) in [6, 6.07) is 0. The van der Waals surface area contributed by atoms with Crippen LogP contribution in [0.25, 0.3) is 0 Å². The van der Waals surface area contributed by atoms with Gasteiger partial charge in [0.05, 0.1) is 0 Å². The Balaban J connectivity index is -0.00000000655. The van der Waals surface area contributed by atoms with Crippen molar-refractivity contribution in [2.75, 3.05) is 0 Å². The zero-order chi connectivity index (χ0) is 12.0. The predicted octanol–water partition coefficient (Wildman–Crippen LogP) is 0.0130. The molecular weight excluding hydrogens is 335 g/mol. The van der Waals surface area contributed by atoms with E-state index >= 15 is 0 Å². The van der Waals surface area contributed by atoms with Gasteiger partial charge in [0.25, 0.3) is 0 Å². The third-order valence-electron chi connectivity index (χ3n) is 0. The van der Waals surface area contributed by atoms with Crippen LogP contribution >= 0.6 is 0 Å². The summed E-state index contributed by atoms with van der Waals surface area (Å²) in [5, 5.41) is 0. The zero-order valence-electron chi connectivity index (χ0n) is 6.33. The van der Waals surface area contributed by atoms with Crippen LogP contribution in [-0.4, -0.2) is 22.3 Å². The third-order valence-corrected chi connectivity index (χ3v) is 0. The summed E-state index contributed by atoms with van der Waals surface area (Å²) in [6.07, 6.45) is 0. The molecule has 0 unspecified atom stereocenters. The van der Waals surface area contributed by atoms with Gasteiger partial charge in [-0.3, -0.25) is 0 Å². The van der Waals surface area contributed by atoms with Crippen molar-refractivity contribution in [2.24, 2.45) is 0 Å². The fourth-order valence-electron chi connectivity index (χ4n) is 0. The number of hydrogen-bond donors (Lipinski definition) is 0. The molecule has 7 heteroatoms. The molecule has 0 aliphatic carbocycles. The van der Waals surface area contributed by atoms with E-state index in [1.165, 1.54) is 0 Å². The van der Waals surface area contributed by atoms with Crippen molar-refractivity contribution in [2.45, 2.75) is 4.97 Å². The van der Waals surface area contributed by atoms with E-state index in [9.17, 15) is 0 Å². The average molecular weight is 338 g/mol. The number of rotatable bonds is 0. The molecule has 0 amide bonds. The molecule has 2 radical (unpaired) electrons. The van der Waals surface area contributed by atoms with Crippen LogP contribution in [0.2, 0.25) is 4.97 Å². The quantitative estimate of drug-likeness (QED) is 0.338. The first kappa shape index (κ1) is 52.0. The first-order valence-electron chi connectivity index (χ1n) is 1.43. The Labute approximate surface area is 101 Å². The molecule has 5 nitrogen and oxygen atoms in total. The van der Waals surface area contributed by atoms with E-state index in [4.69, 9.17) is 23.3 Å². The molecule has 0 saturated heterocycles. The number of hydrogen-bond acceptors (Lipinski definition) is 0. The van der Waals surface area contributed by atoms with E-state index in [1.54, 1.807) is 0 Å². The Morgan fingerprint density at radius 3 is 0.538 bits per heavy atom. The summed E-state index contributed by atoms with van der Waals surface area (Å²) in [7, 11) is 0. The normalized spacial score (nSPS) is 1.23. The average Bonchev–Trinajstić information content (AvgIpc) is 2.33. The predicted molar refractivity (Wildman–Crippen MR) is 31.3 cm³/mol. The maximum absolute atomic E-state index is 7.50. The minimum absolute atomic E-state index is 0. The van der Waals surface area contributed by atoms with Gasteiger partial charge in [-0.05, 0) is 0 Å². The van der Waals surface area contributed by atoms with Gasteiger partial charge in [-0.15, -0.1) is 0 Å². The van der Waals surface area contributed by atoms with E-state index in [-0.39, 0.29) is 17.1 Å². The van der Waals surface area contributed by atoms with Crippen LogP contribution in [0.4, 0.5) is 0 Å². The summed E-state index contributed by atoms with van der Waals surface area (Å²) in [4.78, 5) is 2.01. The molecule has 0 rings (SSSR count). The maximum atomic E-state index is 7.50. The molecule has 0 aromatic rings. The molecule has 0 aromatic carbocycles. The second-order valence-electron chi connectivity index (χ2n) is 0. The van der Waals surface area contributed by atoms with Crippen LogP contribution in [0.15, 0.2) is 0 Å². The SMILES string of the molecule is C[Te].[C-]#[O+].[C-]#[O+].[C-]#[O+].[C-]#[O+].[C-]#[O+].[Mn]. The minimum Gasteiger partial charge on any atom is 0 e. The van der Waals surface area contributed by atoms with Gasteiger partial charge in [0.1, 0.15) is 0 Å². The summed E-state index contributed by atoms with van der Waals surface area (Å²) >= 11 is 1.95. The molecular formula is C6H3MnO5Te. The first-order valence-corrected chi connectivity index (χ1v) is 3.76. The molecule has 0 fully saturated rings. The second kappa shape index (κ2) is 17600000. The molecule has 0 saturated carbocycles. The molecule has 0 spiro atoms. The third kappa shape index (κ3) is 14600000. The summed E-state index contributed by atoms with van der Waals surface area (Å²) < 4.78 is 37.5. The van der Waals surface area contributed by atoms with Crippen LogP contribution in [0, 0.1) is 33.3 Å². The monoisotopic (exact) mass is 340 g/mol. The van der Waals surface area contributed by atoms with Crippen molar-refractivity contribution < 1.29 is 40.3 Å². The van der Waals surface area contributed by atoms with Crippen LogP contribution in [-0.2, 0) is 40.3 Å². The van der Waals surface area contributed by atoms with Crippen molar-refractivity contribution in [3.63, 3.8) is 0 Å². The fraction of sp³-hybridized carbons (Fsp3) is 0.167. The van der Waals surface area contributed by atoms with Crippen molar-refractivity contribution >= 4 is 22.3 Å². The van der Waals surface area contributed by atoms with Gasteiger partial charge >= 0.3 is 83.8 Å². The topological polar surface area (TPSA) is 99.5 Å². The molecule has 0 N–H and O–H groups in total. The van der Waals surface area contributed by atoms with E-state index < -0.39 is 0 Å². The van der Waals surface area contributed by atoms with Gasteiger partial charge < -0.3 is 0 Å². The van der Waals surface area contributed by atoms with E-state index in [0.717, 1.165) is 0 Å². The minimum atomic E-state index is 0. The maximum Gasteiger partial charge on any atom is 0 e. The molecule has 0 aliphatic rings. The Morgan fingerprint density at radius 2 is 0.538 bits per heavy atom. The van der Waals surface area contributed by atoms with Gasteiger partial charge in [-0.25, -0.2) is 0 Å². The van der Waals surface area contributed by atoms with Crippen molar-refractivity contribution in [3.05, 3.63) is 33.3 Å². The molecule has 0 heterocycles. The van der Waals surface area contributed by atoms with Crippen molar-refractivity contribution in [1.29, 1.82) is 0 Å². The zero-order valence-corrected chi connectivity index (χ0v) is 9.84. The van der Waals surface area contributed by atoms with E-state index in [1.807, 2.05) is 27.3 Å². The molecule has 0 bridgehead atoms. The fourth-order valence-corrected chi connectivity index (χ4v) is 0. The molecule has 0 aromatic heterocycles. The summed E-state index contributed by atoms with van der Waals surface area (Å²) in [5.74, 6) is 0. The molecule has 0 atom stereocenters. The second-order valence-corrected chi connectivity index (χ2v) is 0. The van der Waals surface area contributed by atoms with Crippen LogP contribution in [0.1, 0.15) is 0 Å². The smallest absolute Gasteiger partial charge is 0 e. The molecule has 13 heavy (non-hydrogen) atoms. The van der Waals surface area contributed by atoms with Crippen LogP contribution in [0.3, 0.4) is 0 Å². The Morgan fingerprint density at radius 1 is 0.538 bits per heavy atom. The van der Waals surface area contributed by atoms with E-state index in [2.05, 4.69) is 33.3 Å². The van der Waals surface area contributed by atoms with Crippen molar-refractivity contribution in [1.82, 2.24) is 0 Å². The van der Waals surface area contributed by atoms with Gasteiger partial charge in [0, 0.05) is 17.1 Å². The van der Waals surface area contributed by atoms with Gasteiger partial charge in [-0.2, -0.15) is 0 Å². The Kier molecular flexibility index (Phi) is 70400000. The van der Waals surface area contributed by atoms with Gasteiger partial charge in [0.15, 0.2) is 0 Å². The largest absolute Gasteiger partial charge is 0 e. The Bertz CT molecular complexity index is 79.6. The van der Waals surface area contributed by atoms with Gasteiger partial charge in [-0.1, -0.05) is 0 Å². The van der Waals surface area contributed by atoms with Gasteiger partial charge in [0.2, 0.25) is 0 Å². The summed E-state index contributed by atoms with van der Waals surface area (Å²) in [6.45, 7) is 22.5.